The normalized spacial score (nSPS) is 35.0. The summed E-state index contributed by atoms with van der Waals surface area (Å²) in [6.07, 6.45) is 10.0. The molecule has 0 fully saturated rings. The van der Waals surface area contributed by atoms with Crippen molar-refractivity contribution in [2.45, 2.75) is 38.2 Å². The van der Waals surface area contributed by atoms with Crippen molar-refractivity contribution >= 4 is 0 Å². The van der Waals surface area contributed by atoms with Gasteiger partial charge in [0.2, 0.25) is 0 Å². The molecule has 0 saturated carbocycles. The van der Waals surface area contributed by atoms with Crippen LogP contribution in [0.4, 0.5) is 0 Å². The highest BCUT2D eigenvalue weighted by atomic mass is 16.3. The van der Waals surface area contributed by atoms with E-state index in [0.29, 0.717) is 5.92 Å². The van der Waals surface area contributed by atoms with Crippen LogP contribution in [0.25, 0.3) is 0 Å². The lowest BCUT2D eigenvalue weighted by atomic mass is 9.83. The third kappa shape index (κ3) is 2.21. The molecule has 0 aromatic heterocycles. The van der Waals surface area contributed by atoms with E-state index in [9.17, 15) is 5.11 Å². The third-order valence-corrected chi connectivity index (χ3v) is 2.59. The second-order valence-electron chi connectivity index (χ2n) is 3.64. The fraction of sp³-hybridized carbons (Fsp3) is 0.636. The number of rotatable bonds is 3. The number of allylic oxidation sites excluding steroid dienone is 1. The fourth-order valence-corrected chi connectivity index (χ4v) is 1.68. The van der Waals surface area contributed by atoms with Crippen LogP contribution >= 0.6 is 0 Å². The van der Waals surface area contributed by atoms with Crippen molar-refractivity contribution in [3.05, 3.63) is 24.8 Å². The summed E-state index contributed by atoms with van der Waals surface area (Å²) in [5.41, 5.74) is -0.718. The van der Waals surface area contributed by atoms with Crippen molar-refractivity contribution in [1.82, 2.24) is 0 Å². The van der Waals surface area contributed by atoms with Crippen LogP contribution in [0.5, 0.6) is 0 Å². The molecule has 0 radical (unpaired) electrons. The van der Waals surface area contributed by atoms with Crippen LogP contribution in [0.15, 0.2) is 24.8 Å². The monoisotopic (exact) mass is 166 g/mol. The van der Waals surface area contributed by atoms with Crippen molar-refractivity contribution in [2.24, 2.45) is 5.92 Å². The summed E-state index contributed by atoms with van der Waals surface area (Å²) in [5, 5.41) is 9.76. The average molecular weight is 166 g/mol. The minimum Gasteiger partial charge on any atom is -0.382 e. The maximum absolute atomic E-state index is 9.76. The summed E-state index contributed by atoms with van der Waals surface area (Å²) >= 11 is 0. The Labute approximate surface area is 74.8 Å². The van der Waals surface area contributed by atoms with Gasteiger partial charge in [-0.2, -0.15) is 0 Å². The van der Waals surface area contributed by atoms with E-state index in [1.807, 2.05) is 6.08 Å². The molecule has 0 aromatic carbocycles. The van der Waals surface area contributed by atoms with Gasteiger partial charge in [0.1, 0.15) is 5.60 Å². The number of hydrogen-bond donors (Lipinski definition) is 1. The highest BCUT2D eigenvalue weighted by molar-refractivity contribution is 5.15. The highest BCUT2D eigenvalue weighted by Gasteiger charge is 2.24. The molecule has 1 rings (SSSR count). The van der Waals surface area contributed by atoms with Crippen molar-refractivity contribution in [1.29, 1.82) is 0 Å². The van der Waals surface area contributed by atoms with Crippen LogP contribution < -0.4 is 0 Å². The molecule has 1 aliphatic carbocycles. The lowest BCUT2D eigenvalue weighted by Crippen LogP contribution is -2.26. The zero-order valence-corrected chi connectivity index (χ0v) is 7.79. The zero-order valence-electron chi connectivity index (χ0n) is 7.79. The second kappa shape index (κ2) is 3.90. The molecule has 1 N–H and O–H groups in total. The molecule has 1 aliphatic rings. The summed E-state index contributed by atoms with van der Waals surface area (Å²) in [6, 6.07) is 0. The van der Waals surface area contributed by atoms with Crippen molar-refractivity contribution in [3.8, 4) is 0 Å². The molecule has 0 amide bonds. The Morgan fingerprint density at radius 1 is 1.75 bits per heavy atom. The lowest BCUT2D eigenvalue weighted by molar-refractivity contribution is 0.117. The van der Waals surface area contributed by atoms with Gasteiger partial charge in [-0.05, 0) is 25.2 Å². The van der Waals surface area contributed by atoms with Crippen LogP contribution in [-0.4, -0.2) is 10.7 Å². The number of hydrogen-bond acceptors (Lipinski definition) is 1. The van der Waals surface area contributed by atoms with Gasteiger partial charge in [0.15, 0.2) is 0 Å². The summed E-state index contributed by atoms with van der Waals surface area (Å²) < 4.78 is 0. The van der Waals surface area contributed by atoms with Crippen molar-refractivity contribution < 1.29 is 5.11 Å². The molecule has 68 valence electrons. The maximum Gasteiger partial charge on any atom is 0.101 e. The Bertz CT molecular complexity index is 183. The van der Waals surface area contributed by atoms with E-state index in [2.05, 4.69) is 19.6 Å². The first-order valence-electron chi connectivity index (χ1n) is 4.75. The van der Waals surface area contributed by atoms with Gasteiger partial charge in [-0.1, -0.05) is 38.2 Å². The van der Waals surface area contributed by atoms with Crippen LogP contribution in [-0.2, 0) is 0 Å². The molecule has 1 nitrogen and oxygen atoms in total. The van der Waals surface area contributed by atoms with Gasteiger partial charge in [-0.15, -0.1) is 0 Å². The third-order valence-electron chi connectivity index (χ3n) is 2.59. The first-order chi connectivity index (χ1) is 5.70. The largest absolute Gasteiger partial charge is 0.382 e. The highest BCUT2D eigenvalue weighted by Crippen LogP contribution is 2.28. The van der Waals surface area contributed by atoms with E-state index < -0.39 is 5.60 Å². The molecular weight excluding hydrogens is 148 g/mol. The molecule has 0 spiro atoms. The Kier molecular flexibility index (Phi) is 3.10. The summed E-state index contributed by atoms with van der Waals surface area (Å²) in [5.74, 6) is 0.676. The molecule has 0 aliphatic heterocycles. The lowest BCUT2D eigenvalue weighted by Gasteiger charge is -2.27. The van der Waals surface area contributed by atoms with Gasteiger partial charge >= 0.3 is 0 Å². The second-order valence-corrected chi connectivity index (χ2v) is 3.64. The van der Waals surface area contributed by atoms with Crippen LogP contribution in [0.3, 0.4) is 0 Å². The van der Waals surface area contributed by atoms with Gasteiger partial charge in [0.05, 0.1) is 0 Å². The maximum atomic E-state index is 9.76. The van der Waals surface area contributed by atoms with Gasteiger partial charge in [-0.25, -0.2) is 0 Å². The first-order valence-corrected chi connectivity index (χ1v) is 4.75. The van der Waals surface area contributed by atoms with Crippen LogP contribution in [0.2, 0.25) is 0 Å². The first kappa shape index (κ1) is 9.53. The van der Waals surface area contributed by atoms with E-state index in [1.54, 1.807) is 6.08 Å². The van der Waals surface area contributed by atoms with E-state index >= 15 is 0 Å². The fourth-order valence-electron chi connectivity index (χ4n) is 1.68. The molecule has 2 atom stereocenters. The van der Waals surface area contributed by atoms with E-state index in [4.69, 9.17) is 0 Å². The molecule has 12 heavy (non-hydrogen) atoms. The molecule has 0 aromatic rings. The Morgan fingerprint density at radius 3 is 2.92 bits per heavy atom. The molecule has 0 heterocycles. The Morgan fingerprint density at radius 2 is 2.50 bits per heavy atom. The SMILES string of the molecule is C=CC1(O)C=CC(CCC)CC1. The molecule has 1 heteroatoms. The predicted octanol–water partition coefficient (Wildman–Crippen LogP) is 2.67. The summed E-state index contributed by atoms with van der Waals surface area (Å²) in [7, 11) is 0. The van der Waals surface area contributed by atoms with E-state index in [0.717, 1.165) is 12.8 Å². The Balaban J connectivity index is 2.52. The minimum absolute atomic E-state index is 0.676. The minimum atomic E-state index is -0.718. The predicted molar refractivity (Wildman–Crippen MR) is 51.9 cm³/mol. The topological polar surface area (TPSA) is 20.2 Å². The van der Waals surface area contributed by atoms with Crippen LogP contribution in [0, 0.1) is 5.92 Å². The summed E-state index contributed by atoms with van der Waals surface area (Å²) in [4.78, 5) is 0. The summed E-state index contributed by atoms with van der Waals surface area (Å²) in [6.45, 7) is 5.82. The van der Waals surface area contributed by atoms with Gasteiger partial charge < -0.3 is 5.11 Å². The Hall–Kier alpha value is -0.560. The van der Waals surface area contributed by atoms with E-state index in [-0.39, 0.29) is 0 Å². The quantitative estimate of drug-likeness (QED) is 0.639. The zero-order chi connectivity index (χ0) is 9.03. The van der Waals surface area contributed by atoms with Gasteiger partial charge in [0.25, 0.3) is 0 Å². The van der Waals surface area contributed by atoms with Gasteiger partial charge in [-0.3, -0.25) is 0 Å². The average Bonchev–Trinajstić information content (AvgIpc) is 2.10. The molecule has 0 bridgehead atoms. The van der Waals surface area contributed by atoms with Crippen molar-refractivity contribution in [2.75, 3.05) is 0 Å². The van der Waals surface area contributed by atoms with Gasteiger partial charge in [0, 0.05) is 0 Å². The van der Waals surface area contributed by atoms with E-state index in [1.165, 1.54) is 12.8 Å². The standard InChI is InChI=1S/C11H18O/c1-3-5-10-6-8-11(12,4-2)9-7-10/h4,6,8,10,12H,2-3,5,7,9H2,1H3. The number of aliphatic hydroxyl groups is 1. The van der Waals surface area contributed by atoms with Crippen LogP contribution in [0.1, 0.15) is 32.6 Å². The molecular formula is C11H18O. The smallest absolute Gasteiger partial charge is 0.101 e. The molecule has 0 saturated heterocycles. The van der Waals surface area contributed by atoms with Crippen molar-refractivity contribution in [3.63, 3.8) is 0 Å². The molecule has 2 unspecified atom stereocenters.